The lowest BCUT2D eigenvalue weighted by molar-refractivity contribution is -0.122. The number of nitrogens with zero attached hydrogens (tertiary/aromatic N) is 2. The maximum Gasteiger partial charge on any atom is 0.271 e. The molecule has 2 amide bonds. The van der Waals surface area contributed by atoms with Crippen LogP contribution in [-0.4, -0.2) is 21.4 Å². The average Bonchev–Trinajstić information content (AvgIpc) is 2.48. The molecule has 8 heteroatoms. The molecule has 0 spiro atoms. The zero-order chi connectivity index (χ0) is 15.2. The molecule has 0 saturated carbocycles. The van der Waals surface area contributed by atoms with Gasteiger partial charge in [-0.05, 0) is 18.2 Å². The lowest BCUT2D eigenvalue weighted by Gasteiger charge is -2.08. The van der Waals surface area contributed by atoms with Crippen LogP contribution in [0.1, 0.15) is 10.4 Å². The Bertz CT molecular complexity index is 712. The van der Waals surface area contributed by atoms with Crippen LogP contribution in [-0.2, 0) is 11.3 Å². The molecular formula is C13H11ClN4O3. The Balaban J connectivity index is 1.89. The minimum Gasteiger partial charge on any atom is -0.306 e. The van der Waals surface area contributed by atoms with Crippen molar-refractivity contribution in [3.8, 4) is 0 Å². The molecule has 0 aromatic carbocycles. The first-order chi connectivity index (χ1) is 10.1. The van der Waals surface area contributed by atoms with Gasteiger partial charge in [0.2, 0.25) is 0 Å². The molecule has 0 aliphatic heterocycles. The molecule has 0 atom stereocenters. The standard InChI is InChI=1S/C13H11ClN4O3/c14-10-5-4-9(7-15-10)13(21)17-16-11(19)8-18-6-2-1-3-12(18)20/h1-7H,8H2,(H,16,19)(H,17,21). The number of pyridine rings is 2. The third-order valence-corrected chi connectivity index (χ3v) is 2.74. The van der Waals surface area contributed by atoms with Gasteiger partial charge in [-0.25, -0.2) is 4.98 Å². The molecule has 2 N–H and O–H groups in total. The molecule has 0 saturated heterocycles. The van der Waals surface area contributed by atoms with Gasteiger partial charge >= 0.3 is 0 Å². The fourth-order valence-electron chi connectivity index (χ4n) is 1.49. The number of carbonyl (C=O) groups excluding carboxylic acids is 2. The van der Waals surface area contributed by atoms with Crippen molar-refractivity contribution < 1.29 is 9.59 Å². The number of hydrogen-bond donors (Lipinski definition) is 2. The molecule has 2 aromatic rings. The average molecular weight is 307 g/mol. The second-order valence-electron chi connectivity index (χ2n) is 4.04. The summed E-state index contributed by atoms with van der Waals surface area (Å²) in [5.41, 5.74) is 4.38. The van der Waals surface area contributed by atoms with Crippen LogP contribution in [0.4, 0.5) is 0 Å². The van der Waals surface area contributed by atoms with E-state index in [2.05, 4.69) is 15.8 Å². The summed E-state index contributed by atoms with van der Waals surface area (Å²) >= 11 is 5.60. The molecule has 2 heterocycles. The van der Waals surface area contributed by atoms with Crippen molar-refractivity contribution in [2.24, 2.45) is 0 Å². The number of aromatic nitrogens is 2. The summed E-state index contributed by atoms with van der Waals surface area (Å²) < 4.78 is 1.21. The smallest absolute Gasteiger partial charge is 0.271 e. The fourth-order valence-corrected chi connectivity index (χ4v) is 1.61. The highest BCUT2D eigenvalue weighted by Crippen LogP contribution is 2.04. The maximum atomic E-state index is 11.7. The summed E-state index contributed by atoms with van der Waals surface area (Å²) in [6.45, 7) is -0.196. The van der Waals surface area contributed by atoms with Crippen LogP contribution in [0.3, 0.4) is 0 Å². The lowest BCUT2D eigenvalue weighted by atomic mass is 10.3. The van der Waals surface area contributed by atoms with Crippen LogP contribution in [0.15, 0.2) is 47.5 Å². The third kappa shape index (κ3) is 4.15. The Morgan fingerprint density at radius 1 is 1.19 bits per heavy atom. The van der Waals surface area contributed by atoms with Crippen molar-refractivity contribution in [3.05, 3.63) is 63.8 Å². The largest absolute Gasteiger partial charge is 0.306 e. The maximum absolute atomic E-state index is 11.7. The van der Waals surface area contributed by atoms with Crippen molar-refractivity contribution in [3.63, 3.8) is 0 Å². The molecule has 2 rings (SSSR count). The SMILES string of the molecule is O=C(Cn1ccccc1=O)NNC(=O)c1ccc(Cl)nc1. The van der Waals surface area contributed by atoms with Gasteiger partial charge in [-0.1, -0.05) is 17.7 Å². The summed E-state index contributed by atoms with van der Waals surface area (Å²) in [6, 6.07) is 7.48. The van der Waals surface area contributed by atoms with E-state index in [0.717, 1.165) is 0 Å². The van der Waals surface area contributed by atoms with Crippen LogP contribution in [0.2, 0.25) is 5.15 Å². The van der Waals surface area contributed by atoms with Crippen molar-refractivity contribution in [2.45, 2.75) is 6.54 Å². The van der Waals surface area contributed by atoms with Crippen LogP contribution in [0.25, 0.3) is 0 Å². The Labute approximate surface area is 124 Å². The number of hydrogen-bond acceptors (Lipinski definition) is 4. The van der Waals surface area contributed by atoms with E-state index in [1.165, 1.54) is 35.2 Å². The van der Waals surface area contributed by atoms with E-state index in [-0.39, 0.29) is 22.8 Å². The molecule has 108 valence electrons. The molecule has 0 fully saturated rings. The van der Waals surface area contributed by atoms with E-state index in [0.29, 0.717) is 0 Å². The van der Waals surface area contributed by atoms with Gasteiger partial charge in [0.05, 0.1) is 5.56 Å². The first-order valence-electron chi connectivity index (χ1n) is 5.92. The predicted octanol–water partition coefficient (Wildman–Crippen LogP) is 0.358. The lowest BCUT2D eigenvalue weighted by Crippen LogP contribution is -2.44. The summed E-state index contributed by atoms with van der Waals surface area (Å²) in [5.74, 6) is -1.06. The summed E-state index contributed by atoms with van der Waals surface area (Å²) in [4.78, 5) is 38.5. The van der Waals surface area contributed by atoms with Gasteiger partial charge in [0, 0.05) is 18.5 Å². The highest BCUT2D eigenvalue weighted by Gasteiger charge is 2.08. The first-order valence-corrected chi connectivity index (χ1v) is 6.30. The minimum absolute atomic E-state index is 0.196. The fraction of sp³-hybridized carbons (Fsp3) is 0.0769. The van der Waals surface area contributed by atoms with E-state index in [9.17, 15) is 14.4 Å². The number of amides is 2. The zero-order valence-electron chi connectivity index (χ0n) is 10.7. The van der Waals surface area contributed by atoms with Gasteiger partial charge in [-0.2, -0.15) is 0 Å². The minimum atomic E-state index is -0.534. The molecular weight excluding hydrogens is 296 g/mol. The van der Waals surface area contributed by atoms with Crippen molar-refractivity contribution in [2.75, 3.05) is 0 Å². The second kappa shape index (κ2) is 6.67. The quantitative estimate of drug-likeness (QED) is 0.632. The molecule has 0 aliphatic carbocycles. The highest BCUT2D eigenvalue weighted by molar-refractivity contribution is 6.29. The molecule has 7 nitrogen and oxygen atoms in total. The summed E-state index contributed by atoms with van der Waals surface area (Å²) in [5, 5.41) is 0.263. The predicted molar refractivity (Wildman–Crippen MR) is 75.6 cm³/mol. The number of hydrazine groups is 1. The van der Waals surface area contributed by atoms with E-state index in [1.54, 1.807) is 12.1 Å². The molecule has 0 unspecified atom stereocenters. The van der Waals surface area contributed by atoms with E-state index in [1.807, 2.05) is 0 Å². The number of halogens is 1. The molecule has 0 radical (unpaired) electrons. The van der Waals surface area contributed by atoms with Gasteiger partial charge < -0.3 is 4.57 Å². The van der Waals surface area contributed by atoms with Crippen molar-refractivity contribution in [1.82, 2.24) is 20.4 Å². The molecule has 0 bridgehead atoms. The highest BCUT2D eigenvalue weighted by atomic mass is 35.5. The Kier molecular flexibility index (Phi) is 4.68. The third-order valence-electron chi connectivity index (χ3n) is 2.52. The normalized spacial score (nSPS) is 9.95. The van der Waals surface area contributed by atoms with Crippen LogP contribution in [0.5, 0.6) is 0 Å². The summed E-state index contributed by atoms with van der Waals surface area (Å²) in [6.07, 6.45) is 2.76. The van der Waals surface area contributed by atoms with Crippen LogP contribution < -0.4 is 16.4 Å². The van der Waals surface area contributed by atoms with Gasteiger partial charge in [0.25, 0.3) is 17.4 Å². The van der Waals surface area contributed by atoms with Gasteiger partial charge in [0.15, 0.2) is 0 Å². The van der Waals surface area contributed by atoms with Crippen molar-refractivity contribution in [1.29, 1.82) is 0 Å². The zero-order valence-corrected chi connectivity index (χ0v) is 11.5. The van der Waals surface area contributed by atoms with E-state index >= 15 is 0 Å². The number of rotatable bonds is 3. The van der Waals surface area contributed by atoms with Gasteiger partial charge in [0.1, 0.15) is 11.7 Å². The second-order valence-corrected chi connectivity index (χ2v) is 4.43. The van der Waals surface area contributed by atoms with E-state index in [4.69, 9.17) is 11.6 Å². The number of nitrogens with one attached hydrogen (secondary N) is 2. The number of carbonyl (C=O) groups is 2. The molecule has 2 aromatic heterocycles. The van der Waals surface area contributed by atoms with Gasteiger partial charge in [-0.15, -0.1) is 0 Å². The Morgan fingerprint density at radius 3 is 2.67 bits per heavy atom. The first kappa shape index (κ1) is 14.7. The van der Waals surface area contributed by atoms with Crippen LogP contribution in [0, 0.1) is 0 Å². The molecule has 21 heavy (non-hydrogen) atoms. The van der Waals surface area contributed by atoms with E-state index < -0.39 is 11.8 Å². The van der Waals surface area contributed by atoms with Crippen molar-refractivity contribution >= 4 is 23.4 Å². The van der Waals surface area contributed by atoms with Gasteiger partial charge in [-0.3, -0.25) is 25.2 Å². The Hall–Kier alpha value is -2.67. The Morgan fingerprint density at radius 2 is 2.00 bits per heavy atom. The summed E-state index contributed by atoms with van der Waals surface area (Å²) in [7, 11) is 0. The van der Waals surface area contributed by atoms with Crippen LogP contribution >= 0.6 is 11.6 Å². The monoisotopic (exact) mass is 306 g/mol. The topological polar surface area (TPSA) is 93.1 Å². The molecule has 0 aliphatic rings.